The first-order chi connectivity index (χ1) is 13.3. The lowest BCUT2D eigenvalue weighted by molar-refractivity contribution is -0.128. The standard InChI is InChI=1S/C18H21N5O4S/c19-17(20)12-5-3-6-13(11-12)23-10-4-7-14(23)18(24)22-27-15-8-1-2-9-16(15)28(21,25)26/h1-3,5-6,8-9,11,14H,4,7,10H2,(H3,19,20)(H,22,24)(H2,21,25,26). The Morgan fingerprint density at radius 2 is 1.96 bits per heavy atom. The Morgan fingerprint density at radius 1 is 1.21 bits per heavy atom. The molecule has 148 valence electrons. The highest BCUT2D eigenvalue weighted by atomic mass is 32.2. The molecule has 1 amide bonds. The fraction of sp³-hybridized carbons (Fsp3) is 0.222. The molecular weight excluding hydrogens is 382 g/mol. The second-order valence-corrected chi connectivity index (χ2v) is 7.91. The number of nitrogens with two attached hydrogens (primary N) is 2. The molecular formula is C18H21N5O4S. The molecule has 0 spiro atoms. The van der Waals surface area contributed by atoms with E-state index in [1.807, 2.05) is 11.0 Å². The maximum Gasteiger partial charge on any atom is 0.275 e. The van der Waals surface area contributed by atoms with Crippen LogP contribution in [0.5, 0.6) is 5.75 Å². The third kappa shape index (κ3) is 4.24. The zero-order chi connectivity index (χ0) is 20.3. The van der Waals surface area contributed by atoms with Gasteiger partial charge in [0.05, 0.1) is 0 Å². The second-order valence-electron chi connectivity index (χ2n) is 6.38. The van der Waals surface area contributed by atoms with Gasteiger partial charge in [-0.25, -0.2) is 13.6 Å². The van der Waals surface area contributed by atoms with Crippen LogP contribution in [0.2, 0.25) is 0 Å². The summed E-state index contributed by atoms with van der Waals surface area (Å²) in [6, 6.07) is 12.4. The van der Waals surface area contributed by atoms with Crippen LogP contribution in [-0.4, -0.2) is 32.7 Å². The molecule has 6 N–H and O–H groups in total. The average molecular weight is 403 g/mol. The van der Waals surface area contributed by atoms with Gasteiger partial charge in [-0.3, -0.25) is 10.2 Å². The highest BCUT2D eigenvalue weighted by Gasteiger charge is 2.31. The Labute approximate surface area is 162 Å². The first-order valence-electron chi connectivity index (χ1n) is 8.57. The van der Waals surface area contributed by atoms with Crippen LogP contribution in [0.3, 0.4) is 0 Å². The summed E-state index contributed by atoms with van der Waals surface area (Å²) in [5.41, 5.74) is 9.21. The highest BCUT2D eigenvalue weighted by Crippen LogP contribution is 2.27. The zero-order valence-corrected chi connectivity index (χ0v) is 15.8. The van der Waals surface area contributed by atoms with Crippen LogP contribution < -0.4 is 26.1 Å². The number of carbonyl (C=O) groups excluding carboxylic acids is 1. The number of nitrogens with one attached hydrogen (secondary N) is 2. The molecule has 1 unspecified atom stereocenters. The van der Waals surface area contributed by atoms with Crippen molar-refractivity contribution in [3.63, 3.8) is 0 Å². The molecule has 1 heterocycles. The smallest absolute Gasteiger partial charge is 0.275 e. The predicted molar refractivity (Wildman–Crippen MR) is 104 cm³/mol. The van der Waals surface area contributed by atoms with E-state index in [0.29, 0.717) is 18.5 Å². The minimum atomic E-state index is -3.99. The Kier molecular flexibility index (Phi) is 5.52. The van der Waals surface area contributed by atoms with Gasteiger partial charge in [-0.05, 0) is 37.1 Å². The van der Waals surface area contributed by atoms with Gasteiger partial charge in [-0.15, -0.1) is 0 Å². The van der Waals surface area contributed by atoms with E-state index in [-0.39, 0.29) is 16.5 Å². The van der Waals surface area contributed by atoms with Gasteiger partial charge in [-0.1, -0.05) is 24.3 Å². The number of rotatable bonds is 6. The summed E-state index contributed by atoms with van der Waals surface area (Å²) in [7, 11) is -3.99. The number of hydroxylamine groups is 1. The number of amidine groups is 1. The second kappa shape index (κ2) is 7.87. The number of para-hydroxylation sites is 1. The van der Waals surface area contributed by atoms with Crippen LogP contribution in [0.25, 0.3) is 0 Å². The number of anilines is 1. The normalized spacial score (nSPS) is 16.6. The minimum absolute atomic E-state index is 0.0509. The van der Waals surface area contributed by atoms with Gasteiger partial charge in [0.1, 0.15) is 16.8 Å². The summed E-state index contributed by atoms with van der Waals surface area (Å²) in [6.45, 7) is 0.660. The fourth-order valence-corrected chi connectivity index (χ4v) is 3.80. The lowest BCUT2D eigenvalue weighted by Gasteiger charge is -2.26. The van der Waals surface area contributed by atoms with E-state index in [1.54, 1.807) is 24.3 Å². The molecule has 2 aromatic rings. The molecule has 1 aliphatic rings. The molecule has 1 fully saturated rings. The van der Waals surface area contributed by atoms with Crippen molar-refractivity contribution in [1.29, 1.82) is 5.41 Å². The predicted octanol–water partition coefficient (Wildman–Crippen LogP) is 0.697. The van der Waals surface area contributed by atoms with Crippen molar-refractivity contribution in [2.75, 3.05) is 11.4 Å². The van der Waals surface area contributed by atoms with Crippen molar-refractivity contribution in [2.24, 2.45) is 10.9 Å². The topological polar surface area (TPSA) is 152 Å². The Bertz CT molecular complexity index is 1010. The van der Waals surface area contributed by atoms with Gasteiger partial charge in [0.2, 0.25) is 10.0 Å². The maximum atomic E-state index is 12.7. The number of carbonyl (C=O) groups is 1. The van der Waals surface area contributed by atoms with Gasteiger partial charge < -0.3 is 15.5 Å². The largest absolute Gasteiger partial charge is 0.384 e. The number of sulfonamides is 1. The number of hydrogen-bond donors (Lipinski definition) is 4. The van der Waals surface area contributed by atoms with E-state index in [2.05, 4.69) is 5.48 Å². The fourth-order valence-electron chi connectivity index (χ4n) is 3.14. The van der Waals surface area contributed by atoms with Gasteiger partial charge >= 0.3 is 0 Å². The van der Waals surface area contributed by atoms with Crippen LogP contribution >= 0.6 is 0 Å². The van der Waals surface area contributed by atoms with Gasteiger partial charge in [0, 0.05) is 17.8 Å². The minimum Gasteiger partial charge on any atom is -0.384 e. The Hall–Kier alpha value is -3.11. The van der Waals surface area contributed by atoms with Crippen molar-refractivity contribution < 1.29 is 18.0 Å². The number of primary sulfonamides is 1. The first kappa shape index (κ1) is 19.6. The van der Waals surface area contributed by atoms with Crippen LogP contribution in [0, 0.1) is 5.41 Å². The summed E-state index contributed by atoms with van der Waals surface area (Å²) in [5.74, 6) is -0.513. The van der Waals surface area contributed by atoms with Crippen molar-refractivity contribution in [2.45, 2.75) is 23.8 Å². The summed E-state index contributed by atoms with van der Waals surface area (Å²) >= 11 is 0. The van der Waals surface area contributed by atoms with Gasteiger partial charge in [-0.2, -0.15) is 5.48 Å². The summed E-state index contributed by atoms with van der Waals surface area (Å²) < 4.78 is 23.3. The summed E-state index contributed by atoms with van der Waals surface area (Å²) in [5, 5.41) is 12.7. The van der Waals surface area contributed by atoms with Gasteiger partial charge in [0.25, 0.3) is 5.91 Å². The third-order valence-electron chi connectivity index (χ3n) is 4.46. The van der Waals surface area contributed by atoms with E-state index in [1.165, 1.54) is 18.2 Å². The molecule has 3 rings (SSSR count). The molecule has 0 bridgehead atoms. The molecule has 28 heavy (non-hydrogen) atoms. The molecule has 1 aliphatic heterocycles. The van der Waals surface area contributed by atoms with Crippen molar-refractivity contribution in [1.82, 2.24) is 5.48 Å². The third-order valence-corrected chi connectivity index (χ3v) is 5.41. The van der Waals surface area contributed by atoms with Gasteiger partial charge in [0.15, 0.2) is 5.75 Å². The van der Waals surface area contributed by atoms with E-state index < -0.39 is 22.0 Å². The van der Waals surface area contributed by atoms with E-state index >= 15 is 0 Å². The number of nitrogens with zero attached hydrogens (tertiary/aromatic N) is 1. The van der Waals surface area contributed by atoms with E-state index in [0.717, 1.165) is 12.1 Å². The summed E-state index contributed by atoms with van der Waals surface area (Å²) in [4.78, 5) is 19.6. The Balaban J connectivity index is 1.74. The first-order valence-corrected chi connectivity index (χ1v) is 10.1. The van der Waals surface area contributed by atoms with Crippen molar-refractivity contribution in [3.8, 4) is 5.75 Å². The molecule has 0 radical (unpaired) electrons. The molecule has 2 aromatic carbocycles. The van der Waals surface area contributed by atoms with Crippen LogP contribution in [0.4, 0.5) is 5.69 Å². The lowest BCUT2D eigenvalue weighted by Crippen LogP contribution is -2.44. The molecule has 9 nitrogen and oxygen atoms in total. The Morgan fingerprint density at radius 3 is 2.68 bits per heavy atom. The quantitative estimate of drug-likeness (QED) is 0.316. The molecule has 0 aromatic heterocycles. The highest BCUT2D eigenvalue weighted by molar-refractivity contribution is 7.89. The number of amides is 1. The summed E-state index contributed by atoms with van der Waals surface area (Å²) in [6.07, 6.45) is 1.41. The lowest BCUT2D eigenvalue weighted by atomic mass is 10.1. The molecule has 0 saturated carbocycles. The van der Waals surface area contributed by atoms with E-state index in [4.69, 9.17) is 21.1 Å². The molecule has 10 heteroatoms. The molecule has 1 saturated heterocycles. The average Bonchev–Trinajstić information content (AvgIpc) is 3.15. The van der Waals surface area contributed by atoms with Crippen LogP contribution in [0.15, 0.2) is 53.4 Å². The van der Waals surface area contributed by atoms with Crippen LogP contribution in [0.1, 0.15) is 18.4 Å². The van der Waals surface area contributed by atoms with E-state index in [9.17, 15) is 13.2 Å². The molecule has 1 atom stereocenters. The molecule has 0 aliphatic carbocycles. The van der Waals surface area contributed by atoms with Crippen molar-refractivity contribution in [3.05, 3.63) is 54.1 Å². The number of hydrogen-bond acceptors (Lipinski definition) is 6. The van der Waals surface area contributed by atoms with Crippen LogP contribution in [-0.2, 0) is 14.8 Å². The zero-order valence-electron chi connectivity index (χ0n) is 15.0. The SMILES string of the molecule is N=C(N)c1cccc(N2CCCC2C(=O)NOc2ccccc2S(N)(=O)=O)c1. The maximum absolute atomic E-state index is 12.7. The number of benzene rings is 2. The number of nitrogen functional groups attached to an aromatic ring is 1. The monoisotopic (exact) mass is 403 g/mol. The van der Waals surface area contributed by atoms with Crippen molar-refractivity contribution >= 4 is 27.5 Å².